The van der Waals surface area contributed by atoms with Gasteiger partial charge in [0.25, 0.3) is 5.91 Å². The van der Waals surface area contributed by atoms with Crippen molar-refractivity contribution in [2.75, 3.05) is 26.4 Å². The van der Waals surface area contributed by atoms with Gasteiger partial charge in [-0.25, -0.2) is 0 Å². The van der Waals surface area contributed by atoms with E-state index in [2.05, 4.69) is 5.32 Å². The average Bonchev–Trinajstić information content (AvgIpc) is 2.69. The second kappa shape index (κ2) is 10.7. The molecule has 0 aliphatic carbocycles. The summed E-state index contributed by atoms with van der Waals surface area (Å²) < 4.78 is 16.6. The highest BCUT2D eigenvalue weighted by molar-refractivity contribution is 5.77. The Bertz CT molecular complexity index is 799. The molecule has 0 aliphatic rings. The highest BCUT2D eigenvalue weighted by Crippen LogP contribution is 2.28. The van der Waals surface area contributed by atoms with E-state index in [4.69, 9.17) is 19.5 Å². The number of nitrogens with one attached hydrogen (secondary N) is 1. The van der Waals surface area contributed by atoms with E-state index < -0.39 is 0 Å². The van der Waals surface area contributed by atoms with Gasteiger partial charge in [0.05, 0.1) is 18.8 Å². The molecule has 2 aromatic carbocycles. The summed E-state index contributed by atoms with van der Waals surface area (Å²) in [6.45, 7) is 5.32. The van der Waals surface area contributed by atoms with Crippen LogP contribution >= 0.6 is 0 Å². The quantitative estimate of drug-likeness (QED) is 0.697. The lowest BCUT2D eigenvalue weighted by atomic mass is 10.1. The van der Waals surface area contributed by atoms with Gasteiger partial charge in [-0.05, 0) is 50.1 Å². The molecule has 2 rings (SSSR count). The fourth-order valence-corrected chi connectivity index (χ4v) is 2.48. The predicted octanol–water partition coefficient (Wildman–Crippen LogP) is 3.09. The van der Waals surface area contributed by atoms with Gasteiger partial charge in [-0.1, -0.05) is 18.2 Å². The van der Waals surface area contributed by atoms with Gasteiger partial charge in [-0.2, -0.15) is 5.26 Å². The van der Waals surface area contributed by atoms with Crippen LogP contribution in [0.2, 0.25) is 0 Å². The third-order valence-electron chi connectivity index (χ3n) is 3.71. The number of amides is 1. The van der Waals surface area contributed by atoms with Crippen LogP contribution in [-0.2, 0) is 11.2 Å². The molecule has 1 amide bonds. The van der Waals surface area contributed by atoms with Crippen molar-refractivity contribution in [2.24, 2.45) is 0 Å². The number of nitriles is 1. The van der Waals surface area contributed by atoms with Gasteiger partial charge in [0.15, 0.2) is 18.1 Å². The summed E-state index contributed by atoms with van der Waals surface area (Å²) in [5.41, 5.74) is 1.45. The van der Waals surface area contributed by atoms with Crippen molar-refractivity contribution in [3.8, 4) is 23.3 Å². The van der Waals surface area contributed by atoms with E-state index in [-0.39, 0.29) is 12.5 Å². The first-order chi connectivity index (χ1) is 13.2. The minimum Gasteiger partial charge on any atom is -0.490 e. The van der Waals surface area contributed by atoms with Gasteiger partial charge in [0.2, 0.25) is 0 Å². The first-order valence-corrected chi connectivity index (χ1v) is 8.95. The number of benzene rings is 2. The van der Waals surface area contributed by atoms with E-state index >= 15 is 0 Å². The zero-order valence-electron chi connectivity index (χ0n) is 15.7. The van der Waals surface area contributed by atoms with Crippen molar-refractivity contribution in [3.63, 3.8) is 0 Å². The molecule has 0 saturated heterocycles. The standard InChI is InChI=1S/C21H24N2O4/c1-3-25-19-10-9-16(13-20(19)26-4-2)11-12-23-21(24)15-27-18-8-6-5-7-17(18)14-22/h5-10,13H,3-4,11-12,15H2,1-2H3,(H,23,24). The Kier molecular flexibility index (Phi) is 7.98. The van der Waals surface area contributed by atoms with Crippen molar-refractivity contribution in [1.82, 2.24) is 5.32 Å². The van der Waals surface area contributed by atoms with Gasteiger partial charge < -0.3 is 19.5 Å². The van der Waals surface area contributed by atoms with Crippen LogP contribution in [0.5, 0.6) is 17.2 Å². The van der Waals surface area contributed by atoms with Crippen LogP contribution < -0.4 is 19.5 Å². The molecule has 0 aromatic heterocycles. The predicted molar refractivity (Wildman–Crippen MR) is 102 cm³/mol. The molecule has 0 radical (unpaired) electrons. The summed E-state index contributed by atoms with van der Waals surface area (Å²) >= 11 is 0. The molecule has 0 heterocycles. The second-order valence-electron chi connectivity index (χ2n) is 5.64. The molecule has 6 heteroatoms. The smallest absolute Gasteiger partial charge is 0.257 e. The van der Waals surface area contributed by atoms with Crippen LogP contribution in [0.4, 0.5) is 0 Å². The zero-order chi connectivity index (χ0) is 19.5. The Morgan fingerprint density at radius 3 is 2.48 bits per heavy atom. The third-order valence-corrected chi connectivity index (χ3v) is 3.71. The number of hydrogen-bond acceptors (Lipinski definition) is 5. The summed E-state index contributed by atoms with van der Waals surface area (Å²) in [6.07, 6.45) is 0.660. The van der Waals surface area contributed by atoms with E-state index in [1.165, 1.54) is 0 Å². The topological polar surface area (TPSA) is 80.6 Å². The van der Waals surface area contributed by atoms with Gasteiger partial charge in [-0.15, -0.1) is 0 Å². The molecule has 1 N–H and O–H groups in total. The molecular weight excluding hydrogens is 344 g/mol. The van der Waals surface area contributed by atoms with Crippen LogP contribution in [0, 0.1) is 11.3 Å². The molecule has 142 valence electrons. The third kappa shape index (κ3) is 6.23. The van der Waals surface area contributed by atoms with Crippen LogP contribution in [0.15, 0.2) is 42.5 Å². The normalized spacial score (nSPS) is 9.96. The number of hydrogen-bond donors (Lipinski definition) is 1. The minimum absolute atomic E-state index is 0.133. The minimum atomic E-state index is -0.237. The molecule has 2 aromatic rings. The highest BCUT2D eigenvalue weighted by Gasteiger charge is 2.08. The number of para-hydroxylation sites is 1. The molecule has 0 unspecified atom stereocenters. The van der Waals surface area contributed by atoms with E-state index in [1.54, 1.807) is 24.3 Å². The number of carbonyl (C=O) groups is 1. The van der Waals surface area contributed by atoms with Crippen LogP contribution in [0.3, 0.4) is 0 Å². The maximum Gasteiger partial charge on any atom is 0.257 e. The Morgan fingerprint density at radius 2 is 1.74 bits per heavy atom. The largest absolute Gasteiger partial charge is 0.490 e. The van der Waals surface area contributed by atoms with E-state index in [0.717, 1.165) is 11.3 Å². The van der Waals surface area contributed by atoms with Gasteiger partial charge in [0.1, 0.15) is 11.8 Å². The zero-order valence-corrected chi connectivity index (χ0v) is 15.7. The number of nitrogens with zero attached hydrogens (tertiary/aromatic N) is 1. The molecule has 27 heavy (non-hydrogen) atoms. The van der Waals surface area contributed by atoms with E-state index in [9.17, 15) is 4.79 Å². The number of carbonyl (C=O) groups excluding carboxylic acids is 1. The number of ether oxygens (including phenoxy) is 3. The fraction of sp³-hybridized carbons (Fsp3) is 0.333. The monoisotopic (exact) mass is 368 g/mol. The molecular formula is C21H24N2O4. The van der Waals surface area contributed by atoms with Crippen molar-refractivity contribution in [2.45, 2.75) is 20.3 Å². The lowest BCUT2D eigenvalue weighted by Crippen LogP contribution is -2.30. The Labute approximate surface area is 159 Å². The molecule has 0 bridgehead atoms. The SMILES string of the molecule is CCOc1ccc(CCNC(=O)COc2ccccc2C#N)cc1OCC. The maximum absolute atomic E-state index is 12.0. The highest BCUT2D eigenvalue weighted by atomic mass is 16.5. The van der Waals surface area contributed by atoms with Crippen LogP contribution in [0.25, 0.3) is 0 Å². The summed E-state index contributed by atoms with van der Waals surface area (Å²) in [5.74, 6) is 1.60. The Balaban J connectivity index is 1.82. The van der Waals surface area contributed by atoms with Crippen molar-refractivity contribution < 1.29 is 19.0 Å². The van der Waals surface area contributed by atoms with Gasteiger partial charge >= 0.3 is 0 Å². The lowest BCUT2D eigenvalue weighted by molar-refractivity contribution is -0.123. The Hall–Kier alpha value is -3.20. The van der Waals surface area contributed by atoms with Crippen LogP contribution in [-0.4, -0.2) is 32.3 Å². The molecule has 6 nitrogen and oxygen atoms in total. The maximum atomic E-state index is 12.0. The van der Waals surface area contributed by atoms with Crippen molar-refractivity contribution in [3.05, 3.63) is 53.6 Å². The average molecular weight is 368 g/mol. The van der Waals surface area contributed by atoms with Crippen molar-refractivity contribution >= 4 is 5.91 Å². The fourth-order valence-electron chi connectivity index (χ4n) is 2.48. The summed E-state index contributed by atoms with van der Waals surface area (Å²) in [7, 11) is 0. The first kappa shape index (κ1) is 20.1. The summed E-state index contributed by atoms with van der Waals surface area (Å²) in [6, 6.07) is 14.6. The lowest BCUT2D eigenvalue weighted by Gasteiger charge is -2.13. The molecule has 0 spiro atoms. The van der Waals surface area contributed by atoms with Crippen LogP contribution in [0.1, 0.15) is 25.0 Å². The number of rotatable bonds is 10. The first-order valence-electron chi connectivity index (χ1n) is 8.95. The van der Waals surface area contributed by atoms with E-state index in [1.807, 2.05) is 38.1 Å². The van der Waals surface area contributed by atoms with Gasteiger partial charge in [-0.3, -0.25) is 4.79 Å². The molecule has 0 aliphatic heterocycles. The Morgan fingerprint density at radius 1 is 1.00 bits per heavy atom. The van der Waals surface area contributed by atoms with E-state index in [0.29, 0.717) is 43.2 Å². The van der Waals surface area contributed by atoms with Gasteiger partial charge in [0, 0.05) is 6.54 Å². The second-order valence-corrected chi connectivity index (χ2v) is 5.64. The van der Waals surface area contributed by atoms with Crippen molar-refractivity contribution in [1.29, 1.82) is 5.26 Å². The molecule has 0 saturated carbocycles. The molecule has 0 fully saturated rings. The molecule has 0 atom stereocenters. The summed E-state index contributed by atoms with van der Waals surface area (Å²) in [4.78, 5) is 12.0. The summed E-state index contributed by atoms with van der Waals surface area (Å²) in [5, 5.41) is 11.8.